The Balaban J connectivity index is 1.69. The Labute approximate surface area is 163 Å². The topological polar surface area (TPSA) is 66.5 Å². The van der Waals surface area contributed by atoms with Crippen LogP contribution in [0, 0.1) is 20.8 Å². The Morgan fingerprint density at radius 3 is 2.32 bits per heavy atom. The zero-order valence-corrected chi connectivity index (χ0v) is 16.2. The first kappa shape index (κ1) is 18.1. The number of aromatic nitrogens is 4. The molecular weight excluding hydrogens is 353 g/mol. The SMILES string of the molecule is Cc1nc(Nc2ccc(CF)cc2)c2[nH]c(Cc3c(C)cccc3C)nc2n1. The summed E-state index contributed by atoms with van der Waals surface area (Å²) in [6, 6.07) is 13.5. The van der Waals surface area contributed by atoms with E-state index in [0.29, 0.717) is 29.3 Å². The molecule has 5 nitrogen and oxygen atoms in total. The number of rotatable bonds is 5. The van der Waals surface area contributed by atoms with Gasteiger partial charge in [0.05, 0.1) is 0 Å². The van der Waals surface area contributed by atoms with Crippen molar-refractivity contribution in [2.75, 3.05) is 5.32 Å². The van der Waals surface area contributed by atoms with Crippen molar-refractivity contribution in [2.24, 2.45) is 0 Å². The third-order valence-electron chi connectivity index (χ3n) is 4.87. The lowest BCUT2D eigenvalue weighted by Gasteiger charge is -2.08. The van der Waals surface area contributed by atoms with E-state index in [9.17, 15) is 4.39 Å². The van der Waals surface area contributed by atoms with E-state index >= 15 is 0 Å². The van der Waals surface area contributed by atoms with Gasteiger partial charge in [0, 0.05) is 12.1 Å². The summed E-state index contributed by atoms with van der Waals surface area (Å²) < 4.78 is 12.7. The molecule has 0 fully saturated rings. The standard InChI is InChI=1S/C22H22FN5/c1-13-5-4-6-14(2)18(13)11-19-27-20-21(24-15(3)25-22(20)28-19)26-17-9-7-16(12-23)8-10-17/h4-10H,11-12H2,1-3H3,(H2,24,25,26,27,28). The van der Waals surface area contributed by atoms with Crippen LogP contribution >= 0.6 is 0 Å². The summed E-state index contributed by atoms with van der Waals surface area (Å²) in [5.41, 5.74) is 6.64. The van der Waals surface area contributed by atoms with Gasteiger partial charge in [0.2, 0.25) is 0 Å². The molecule has 0 saturated carbocycles. The van der Waals surface area contributed by atoms with Gasteiger partial charge in [0.25, 0.3) is 0 Å². The molecule has 0 aliphatic rings. The Morgan fingerprint density at radius 2 is 1.64 bits per heavy atom. The summed E-state index contributed by atoms with van der Waals surface area (Å²) in [5, 5.41) is 3.29. The minimum absolute atomic E-state index is 0.473. The third-order valence-corrected chi connectivity index (χ3v) is 4.87. The van der Waals surface area contributed by atoms with Crippen LogP contribution in [0.1, 0.15) is 33.9 Å². The maximum Gasteiger partial charge on any atom is 0.183 e. The highest BCUT2D eigenvalue weighted by atomic mass is 19.1. The number of H-pyrrole nitrogens is 1. The lowest BCUT2D eigenvalue weighted by atomic mass is 10.00. The number of hydrogen-bond acceptors (Lipinski definition) is 4. The maximum absolute atomic E-state index is 12.7. The number of benzene rings is 2. The molecule has 2 N–H and O–H groups in total. The van der Waals surface area contributed by atoms with Crippen molar-refractivity contribution in [1.29, 1.82) is 0 Å². The second kappa shape index (κ2) is 7.38. The minimum atomic E-state index is -0.473. The number of hydrogen-bond donors (Lipinski definition) is 2. The van der Waals surface area contributed by atoms with E-state index in [2.05, 4.69) is 57.3 Å². The van der Waals surface area contributed by atoms with E-state index < -0.39 is 6.67 Å². The zero-order chi connectivity index (χ0) is 19.7. The fraction of sp³-hybridized carbons (Fsp3) is 0.227. The van der Waals surface area contributed by atoms with Crippen LogP contribution in [0.3, 0.4) is 0 Å². The van der Waals surface area contributed by atoms with Gasteiger partial charge in [0.1, 0.15) is 23.8 Å². The number of aromatic amines is 1. The van der Waals surface area contributed by atoms with Gasteiger partial charge in [-0.15, -0.1) is 0 Å². The van der Waals surface area contributed by atoms with E-state index in [1.165, 1.54) is 16.7 Å². The average molecular weight is 375 g/mol. The Hall–Kier alpha value is -3.28. The predicted molar refractivity (Wildman–Crippen MR) is 110 cm³/mol. The smallest absolute Gasteiger partial charge is 0.183 e. The third kappa shape index (κ3) is 3.58. The molecule has 0 bridgehead atoms. The highest BCUT2D eigenvalue weighted by Crippen LogP contribution is 2.24. The minimum Gasteiger partial charge on any atom is -0.338 e. The van der Waals surface area contributed by atoms with E-state index in [1.54, 1.807) is 12.1 Å². The van der Waals surface area contributed by atoms with Gasteiger partial charge in [-0.05, 0) is 55.2 Å². The second-order valence-electron chi connectivity index (χ2n) is 7.00. The van der Waals surface area contributed by atoms with Crippen molar-refractivity contribution in [3.8, 4) is 0 Å². The highest BCUT2D eigenvalue weighted by Gasteiger charge is 2.13. The first-order valence-electron chi connectivity index (χ1n) is 9.23. The van der Waals surface area contributed by atoms with Gasteiger partial charge in [-0.3, -0.25) is 0 Å². The molecule has 2 aromatic heterocycles. The largest absolute Gasteiger partial charge is 0.338 e. The number of imidazole rings is 1. The highest BCUT2D eigenvalue weighted by molar-refractivity contribution is 5.85. The Kier molecular flexibility index (Phi) is 4.77. The molecule has 0 radical (unpaired) electrons. The molecule has 0 amide bonds. The van der Waals surface area contributed by atoms with E-state index in [4.69, 9.17) is 0 Å². The number of fused-ring (bicyclic) bond motifs is 1. The number of halogens is 1. The molecule has 6 heteroatoms. The molecule has 142 valence electrons. The van der Waals surface area contributed by atoms with Crippen LogP contribution in [0.4, 0.5) is 15.9 Å². The molecule has 0 aliphatic carbocycles. The molecule has 2 heterocycles. The second-order valence-corrected chi connectivity index (χ2v) is 7.00. The molecule has 0 atom stereocenters. The summed E-state index contributed by atoms with van der Waals surface area (Å²) in [7, 11) is 0. The van der Waals surface area contributed by atoms with Crippen LogP contribution in [-0.4, -0.2) is 19.9 Å². The summed E-state index contributed by atoms with van der Waals surface area (Å²) in [4.78, 5) is 17.1. The first-order chi connectivity index (χ1) is 13.5. The van der Waals surface area contributed by atoms with Gasteiger partial charge in [-0.25, -0.2) is 19.3 Å². The average Bonchev–Trinajstić information content (AvgIpc) is 3.08. The number of anilines is 2. The van der Waals surface area contributed by atoms with Gasteiger partial charge in [-0.2, -0.15) is 0 Å². The molecule has 0 unspecified atom stereocenters. The summed E-state index contributed by atoms with van der Waals surface area (Å²) in [6.45, 7) is 5.60. The maximum atomic E-state index is 12.7. The number of nitrogens with one attached hydrogen (secondary N) is 2. The molecule has 4 rings (SSSR count). The van der Waals surface area contributed by atoms with E-state index in [1.807, 2.05) is 19.1 Å². The van der Waals surface area contributed by atoms with E-state index in [0.717, 1.165) is 17.0 Å². The first-order valence-corrected chi connectivity index (χ1v) is 9.23. The van der Waals surface area contributed by atoms with Crippen molar-refractivity contribution in [3.05, 3.63) is 76.4 Å². The fourth-order valence-electron chi connectivity index (χ4n) is 3.34. The number of nitrogens with zero attached hydrogens (tertiary/aromatic N) is 3. The van der Waals surface area contributed by atoms with Gasteiger partial charge >= 0.3 is 0 Å². The number of aryl methyl sites for hydroxylation is 3. The van der Waals surface area contributed by atoms with Gasteiger partial charge in [-0.1, -0.05) is 30.3 Å². The van der Waals surface area contributed by atoms with Crippen molar-refractivity contribution in [2.45, 2.75) is 33.9 Å². The Morgan fingerprint density at radius 1 is 0.929 bits per heavy atom. The van der Waals surface area contributed by atoms with Crippen LogP contribution in [0.15, 0.2) is 42.5 Å². The lowest BCUT2D eigenvalue weighted by Crippen LogP contribution is -1.99. The predicted octanol–water partition coefficient (Wildman–Crippen LogP) is 5.08. The zero-order valence-electron chi connectivity index (χ0n) is 16.2. The normalized spacial score (nSPS) is 11.1. The summed E-state index contributed by atoms with van der Waals surface area (Å²) >= 11 is 0. The molecule has 4 aromatic rings. The quantitative estimate of drug-likeness (QED) is 0.510. The molecule has 0 spiro atoms. The van der Waals surface area contributed by atoms with Crippen LogP contribution in [0.25, 0.3) is 11.2 Å². The molecule has 2 aromatic carbocycles. The van der Waals surface area contributed by atoms with Crippen LogP contribution in [-0.2, 0) is 13.1 Å². The van der Waals surface area contributed by atoms with Gasteiger partial charge < -0.3 is 10.3 Å². The molecular formula is C22H22FN5. The summed E-state index contributed by atoms with van der Waals surface area (Å²) in [6.07, 6.45) is 0.707. The van der Waals surface area contributed by atoms with Crippen molar-refractivity contribution >= 4 is 22.7 Å². The van der Waals surface area contributed by atoms with Crippen molar-refractivity contribution in [3.63, 3.8) is 0 Å². The van der Waals surface area contributed by atoms with Crippen molar-refractivity contribution in [1.82, 2.24) is 19.9 Å². The molecule has 28 heavy (non-hydrogen) atoms. The lowest BCUT2D eigenvalue weighted by molar-refractivity contribution is 0.485. The fourth-order valence-corrected chi connectivity index (χ4v) is 3.34. The van der Waals surface area contributed by atoms with E-state index in [-0.39, 0.29) is 0 Å². The Bertz CT molecular complexity index is 1110. The van der Waals surface area contributed by atoms with Crippen LogP contribution in [0.5, 0.6) is 0 Å². The van der Waals surface area contributed by atoms with Gasteiger partial charge in [0.15, 0.2) is 11.5 Å². The van der Waals surface area contributed by atoms with Crippen molar-refractivity contribution < 1.29 is 4.39 Å². The monoisotopic (exact) mass is 375 g/mol. The molecule has 0 aliphatic heterocycles. The van der Waals surface area contributed by atoms with Crippen LogP contribution in [0.2, 0.25) is 0 Å². The number of alkyl halides is 1. The summed E-state index contributed by atoms with van der Waals surface area (Å²) in [5.74, 6) is 2.15. The van der Waals surface area contributed by atoms with Crippen LogP contribution < -0.4 is 5.32 Å². The molecule has 0 saturated heterocycles.